The number of H-pyrrole nitrogens is 1. The summed E-state index contributed by atoms with van der Waals surface area (Å²) in [7, 11) is 0. The Bertz CT molecular complexity index is 1210. The number of aromatic amines is 1. The van der Waals surface area contributed by atoms with E-state index in [1.807, 2.05) is 79.7 Å². The van der Waals surface area contributed by atoms with Crippen LogP contribution in [-0.4, -0.2) is 25.9 Å². The standard InChI is InChI=1S/C23H22N4O2S/c1-16(21(28)24-20-13-7-11-18-10-5-6-12-19(18)20)30-23-26-25-22(29)27(23)15-14-17-8-3-2-4-9-17/h2-13,16H,14-15H2,1H3,(H,24,28)(H,25,29). The van der Waals surface area contributed by atoms with Gasteiger partial charge in [0.05, 0.1) is 5.25 Å². The van der Waals surface area contributed by atoms with E-state index in [0.29, 0.717) is 18.1 Å². The van der Waals surface area contributed by atoms with Gasteiger partial charge in [0.15, 0.2) is 5.16 Å². The average molecular weight is 419 g/mol. The van der Waals surface area contributed by atoms with Gasteiger partial charge in [-0.1, -0.05) is 78.5 Å². The number of nitrogens with zero attached hydrogens (tertiary/aromatic N) is 2. The number of thioether (sulfide) groups is 1. The Balaban J connectivity index is 1.45. The van der Waals surface area contributed by atoms with Crippen molar-refractivity contribution in [2.45, 2.75) is 30.3 Å². The minimum absolute atomic E-state index is 0.138. The Labute approximate surface area is 178 Å². The molecule has 0 aliphatic heterocycles. The summed E-state index contributed by atoms with van der Waals surface area (Å²) < 4.78 is 1.58. The van der Waals surface area contributed by atoms with Gasteiger partial charge in [0.25, 0.3) is 0 Å². The molecule has 1 heterocycles. The maximum absolute atomic E-state index is 12.8. The van der Waals surface area contributed by atoms with Gasteiger partial charge in [0, 0.05) is 17.6 Å². The molecule has 1 amide bonds. The summed E-state index contributed by atoms with van der Waals surface area (Å²) in [6.45, 7) is 2.31. The lowest BCUT2D eigenvalue weighted by atomic mass is 10.1. The lowest BCUT2D eigenvalue weighted by molar-refractivity contribution is -0.115. The number of carbonyl (C=O) groups excluding carboxylic acids is 1. The van der Waals surface area contributed by atoms with E-state index >= 15 is 0 Å². The quantitative estimate of drug-likeness (QED) is 0.443. The van der Waals surface area contributed by atoms with Gasteiger partial charge < -0.3 is 5.32 Å². The first kappa shape index (κ1) is 20.0. The van der Waals surface area contributed by atoms with Crippen molar-refractivity contribution in [3.05, 3.63) is 88.8 Å². The van der Waals surface area contributed by atoms with Crippen LogP contribution in [0.3, 0.4) is 0 Å². The van der Waals surface area contributed by atoms with Gasteiger partial charge in [-0.25, -0.2) is 9.89 Å². The van der Waals surface area contributed by atoms with E-state index in [1.165, 1.54) is 11.8 Å². The molecule has 2 N–H and O–H groups in total. The zero-order valence-electron chi connectivity index (χ0n) is 16.5. The first-order valence-electron chi connectivity index (χ1n) is 9.76. The zero-order chi connectivity index (χ0) is 20.9. The molecule has 1 aromatic heterocycles. The van der Waals surface area contributed by atoms with Gasteiger partial charge in [0.2, 0.25) is 5.91 Å². The molecule has 0 aliphatic carbocycles. The van der Waals surface area contributed by atoms with E-state index in [9.17, 15) is 9.59 Å². The molecule has 0 spiro atoms. The van der Waals surface area contributed by atoms with E-state index in [-0.39, 0.29) is 11.6 Å². The number of benzene rings is 3. The van der Waals surface area contributed by atoms with Crippen LogP contribution in [0.2, 0.25) is 0 Å². The number of carbonyl (C=O) groups is 1. The van der Waals surface area contributed by atoms with E-state index < -0.39 is 5.25 Å². The Morgan fingerprint density at radius 3 is 2.63 bits per heavy atom. The van der Waals surface area contributed by atoms with Crippen molar-refractivity contribution in [1.29, 1.82) is 0 Å². The highest BCUT2D eigenvalue weighted by Crippen LogP contribution is 2.25. The molecule has 3 aromatic carbocycles. The van der Waals surface area contributed by atoms with Gasteiger partial charge in [-0.15, -0.1) is 5.10 Å². The van der Waals surface area contributed by atoms with Gasteiger partial charge in [-0.05, 0) is 30.4 Å². The highest BCUT2D eigenvalue weighted by molar-refractivity contribution is 8.00. The first-order valence-corrected chi connectivity index (χ1v) is 10.6. The van der Waals surface area contributed by atoms with Crippen LogP contribution in [0.25, 0.3) is 10.8 Å². The Morgan fingerprint density at radius 1 is 1.07 bits per heavy atom. The number of fused-ring (bicyclic) bond motifs is 1. The van der Waals surface area contributed by atoms with Crippen molar-refractivity contribution >= 4 is 34.1 Å². The monoisotopic (exact) mass is 418 g/mol. The number of aryl methyl sites for hydroxylation is 1. The van der Waals surface area contributed by atoms with Crippen molar-refractivity contribution in [1.82, 2.24) is 14.8 Å². The fourth-order valence-corrected chi connectivity index (χ4v) is 4.14. The van der Waals surface area contributed by atoms with Crippen LogP contribution in [0.5, 0.6) is 0 Å². The lowest BCUT2D eigenvalue weighted by Crippen LogP contribution is -2.24. The molecule has 0 bridgehead atoms. The number of hydrogen-bond acceptors (Lipinski definition) is 4. The third-order valence-electron chi connectivity index (χ3n) is 4.89. The first-order chi connectivity index (χ1) is 14.6. The number of amides is 1. The van der Waals surface area contributed by atoms with Crippen molar-refractivity contribution in [2.24, 2.45) is 0 Å². The molecule has 4 rings (SSSR count). The summed E-state index contributed by atoms with van der Waals surface area (Å²) >= 11 is 1.27. The predicted octanol–water partition coefficient (Wildman–Crippen LogP) is 4.09. The van der Waals surface area contributed by atoms with Crippen LogP contribution in [0.1, 0.15) is 12.5 Å². The second kappa shape index (κ2) is 9.00. The van der Waals surface area contributed by atoms with Crippen LogP contribution in [0.4, 0.5) is 5.69 Å². The van der Waals surface area contributed by atoms with E-state index in [2.05, 4.69) is 15.5 Å². The van der Waals surface area contributed by atoms with Crippen molar-refractivity contribution in [2.75, 3.05) is 5.32 Å². The predicted molar refractivity (Wildman–Crippen MR) is 121 cm³/mol. The van der Waals surface area contributed by atoms with Gasteiger partial charge in [0.1, 0.15) is 0 Å². The maximum Gasteiger partial charge on any atom is 0.343 e. The number of nitrogens with one attached hydrogen (secondary N) is 2. The van der Waals surface area contributed by atoms with E-state index in [0.717, 1.165) is 22.0 Å². The summed E-state index contributed by atoms with van der Waals surface area (Å²) in [6.07, 6.45) is 0.713. The molecule has 0 fully saturated rings. The molecule has 0 saturated heterocycles. The largest absolute Gasteiger partial charge is 0.343 e. The Kier molecular flexibility index (Phi) is 5.99. The molecule has 0 radical (unpaired) electrons. The van der Waals surface area contributed by atoms with Crippen LogP contribution in [0.15, 0.2) is 82.7 Å². The molecule has 1 unspecified atom stereocenters. The minimum Gasteiger partial charge on any atom is -0.325 e. The number of rotatable bonds is 7. The zero-order valence-corrected chi connectivity index (χ0v) is 17.4. The van der Waals surface area contributed by atoms with E-state index in [1.54, 1.807) is 4.57 Å². The third-order valence-corrected chi connectivity index (χ3v) is 5.98. The normalized spacial score (nSPS) is 12.0. The van der Waals surface area contributed by atoms with Crippen LogP contribution in [0, 0.1) is 0 Å². The van der Waals surface area contributed by atoms with Crippen LogP contribution in [-0.2, 0) is 17.8 Å². The van der Waals surface area contributed by atoms with Crippen LogP contribution >= 0.6 is 11.8 Å². The highest BCUT2D eigenvalue weighted by atomic mass is 32.2. The van der Waals surface area contributed by atoms with E-state index in [4.69, 9.17) is 0 Å². The molecule has 30 heavy (non-hydrogen) atoms. The minimum atomic E-state index is -0.422. The molecule has 1 atom stereocenters. The lowest BCUT2D eigenvalue weighted by Gasteiger charge is -2.13. The Hall–Kier alpha value is -3.32. The number of hydrogen-bond donors (Lipinski definition) is 2. The smallest absolute Gasteiger partial charge is 0.325 e. The fourth-order valence-electron chi connectivity index (χ4n) is 3.26. The molecular weight excluding hydrogens is 396 g/mol. The van der Waals surface area contributed by atoms with Crippen LogP contribution < -0.4 is 11.0 Å². The third kappa shape index (κ3) is 4.46. The molecule has 7 heteroatoms. The van der Waals surface area contributed by atoms with Crippen molar-refractivity contribution in [3.8, 4) is 0 Å². The number of anilines is 1. The van der Waals surface area contributed by atoms with Gasteiger partial charge >= 0.3 is 5.69 Å². The molecule has 0 saturated carbocycles. The molecule has 6 nitrogen and oxygen atoms in total. The maximum atomic E-state index is 12.8. The second-order valence-electron chi connectivity index (χ2n) is 6.97. The number of aromatic nitrogens is 3. The average Bonchev–Trinajstić information content (AvgIpc) is 3.12. The summed E-state index contributed by atoms with van der Waals surface area (Å²) in [5, 5.41) is 11.8. The second-order valence-corrected chi connectivity index (χ2v) is 8.28. The van der Waals surface area contributed by atoms with Crippen molar-refractivity contribution in [3.63, 3.8) is 0 Å². The van der Waals surface area contributed by atoms with Gasteiger partial charge in [-0.2, -0.15) is 0 Å². The molecule has 152 valence electrons. The Morgan fingerprint density at radius 2 is 1.80 bits per heavy atom. The molecule has 0 aliphatic rings. The molecular formula is C23H22N4O2S. The summed E-state index contributed by atoms with van der Waals surface area (Å²) in [4.78, 5) is 25.0. The highest BCUT2D eigenvalue weighted by Gasteiger charge is 2.19. The van der Waals surface area contributed by atoms with Crippen molar-refractivity contribution < 1.29 is 4.79 Å². The topological polar surface area (TPSA) is 79.8 Å². The summed E-state index contributed by atoms with van der Waals surface area (Å²) in [6, 6.07) is 23.7. The summed E-state index contributed by atoms with van der Waals surface area (Å²) in [5.74, 6) is -0.138. The van der Waals surface area contributed by atoms with Gasteiger partial charge in [-0.3, -0.25) is 9.36 Å². The summed E-state index contributed by atoms with van der Waals surface area (Å²) in [5.41, 5.74) is 1.65. The molecule has 4 aromatic rings. The SMILES string of the molecule is CC(Sc1n[nH]c(=O)n1CCc1ccccc1)C(=O)Nc1cccc2ccccc12. The fraction of sp³-hybridized carbons (Fsp3) is 0.174.